The quantitative estimate of drug-likeness (QED) is 0.0652. The van der Waals surface area contributed by atoms with Gasteiger partial charge in [0.15, 0.2) is 0 Å². The number of anilines is 7. The van der Waals surface area contributed by atoms with Gasteiger partial charge < -0.3 is 14.7 Å². The van der Waals surface area contributed by atoms with E-state index in [-0.39, 0.29) is 0 Å². The number of allylic oxidation sites excluding steroid dienone is 6. The Balaban J connectivity index is 1.24. The lowest BCUT2D eigenvalue weighted by molar-refractivity contribution is 1.17. The van der Waals surface area contributed by atoms with Crippen molar-refractivity contribution in [3.05, 3.63) is 248 Å². The lowest BCUT2D eigenvalue weighted by atomic mass is 9.89. The molecule has 0 atom stereocenters. The highest BCUT2D eigenvalue weighted by Crippen LogP contribution is 2.47. The van der Waals surface area contributed by atoms with E-state index in [1.165, 1.54) is 43.1 Å². The molecule has 0 aliphatic carbocycles. The topological polar surface area (TPSA) is 9.72 Å². The Bertz CT molecular complexity index is 3050. The summed E-state index contributed by atoms with van der Waals surface area (Å²) < 4.78 is 0. The molecule has 3 nitrogen and oxygen atoms in total. The van der Waals surface area contributed by atoms with Gasteiger partial charge in [-0.05, 0) is 155 Å². The van der Waals surface area contributed by atoms with E-state index in [4.69, 9.17) is 0 Å². The molecular formula is C60H51N3. The van der Waals surface area contributed by atoms with Crippen molar-refractivity contribution in [3.8, 4) is 0 Å². The monoisotopic (exact) mass is 813 g/mol. The van der Waals surface area contributed by atoms with Crippen LogP contribution >= 0.6 is 0 Å². The maximum absolute atomic E-state index is 4.45. The molecule has 0 radical (unpaired) electrons. The second kappa shape index (κ2) is 17.6. The molecule has 3 heteroatoms. The van der Waals surface area contributed by atoms with Crippen molar-refractivity contribution in [2.24, 2.45) is 0 Å². The van der Waals surface area contributed by atoms with E-state index in [9.17, 15) is 0 Å². The van der Waals surface area contributed by atoms with Gasteiger partial charge in [0, 0.05) is 50.9 Å². The van der Waals surface area contributed by atoms with E-state index in [0.717, 1.165) is 62.4 Å². The Hall–Kier alpha value is -7.88. The molecule has 0 unspecified atom stereocenters. The van der Waals surface area contributed by atoms with Gasteiger partial charge in [0.1, 0.15) is 0 Å². The zero-order chi connectivity index (χ0) is 43.5. The minimum atomic E-state index is 0.940. The van der Waals surface area contributed by atoms with Crippen molar-refractivity contribution in [1.82, 2.24) is 0 Å². The van der Waals surface area contributed by atoms with Crippen LogP contribution in [0.3, 0.4) is 0 Å². The van der Waals surface area contributed by atoms with Gasteiger partial charge in [0.2, 0.25) is 0 Å². The zero-order valence-electron chi connectivity index (χ0n) is 36.5. The van der Waals surface area contributed by atoms with Crippen LogP contribution in [0, 0.1) is 0 Å². The summed E-state index contributed by atoms with van der Waals surface area (Å²) in [5.74, 6) is 0. The summed E-state index contributed by atoms with van der Waals surface area (Å²) in [6.07, 6.45) is 12.5. The number of fused-ring (bicyclic) bond motifs is 2. The average Bonchev–Trinajstić information content (AvgIpc) is 3.33. The highest BCUT2D eigenvalue weighted by atomic mass is 15.2. The second-order valence-electron chi connectivity index (χ2n) is 15.7. The van der Waals surface area contributed by atoms with Crippen LogP contribution < -0.4 is 14.7 Å². The molecule has 0 saturated heterocycles. The summed E-state index contributed by atoms with van der Waals surface area (Å²) in [5.41, 5.74) is 11.3. The molecule has 9 aromatic rings. The van der Waals surface area contributed by atoms with Crippen LogP contribution in [0.1, 0.15) is 27.7 Å². The maximum atomic E-state index is 4.45. The van der Waals surface area contributed by atoms with Crippen molar-refractivity contribution in [3.63, 3.8) is 0 Å². The molecule has 9 aromatic carbocycles. The summed E-state index contributed by atoms with van der Waals surface area (Å²) in [7, 11) is 0. The number of rotatable bonds is 13. The summed E-state index contributed by atoms with van der Waals surface area (Å²) in [5, 5.41) is 10.1. The Kier molecular flexibility index (Phi) is 11.3. The van der Waals surface area contributed by atoms with Crippen molar-refractivity contribution in [2.45, 2.75) is 27.7 Å². The molecular weight excluding hydrogens is 763 g/mol. The fourth-order valence-electron chi connectivity index (χ4n) is 9.25. The molecule has 306 valence electrons. The number of benzene rings is 9. The van der Waals surface area contributed by atoms with Crippen LogP contribution in [0.5, 0.6) is 0 Å². The Labute approximate surface area is 371 Å². The van der Waals surface area contributed by atoms with Crippen LogP contribution in [-0.2, 0) is 0 Å². The number of nitrogens with zero attached hydrogens (tertiary/aromatic N) is 3. The van der Waals surface area contributed by atoms with Crippen LogP contribution in [0.2, 0.25) is 0 Å². The molecule has 0 fully saturated rings. The molecule has 9 rings (SSSR count). The van der Waals surface area contributed by atoms with Crippen LogP contribution in [-0.4, -0.2) is 0 Å². The predicted octanol–water partition coefficient (Wildman–Crippen LogP) is 17.6. The number of hydrogen-bond donors (Lipinski definition) is 0. The molecule has 0 aliphatic heterocycles. The standard InChI is InChI=1S/C60H51N3/c1-7-20-42(5)56(9-3)61(45-24-13-11-14-25-45)47-32-36-49(37-33-47)63(50-38-34-48(35-39-50)62(46-26-15-12-16-27-46)57(10-4)43(6)21-8-2)58-41-40-54-52-29-18-23-44-22-17-28-51(59(44)52)53-30-19-31-55(58)60(53)54/h7-41H,5-6H2,1-4H3/b20-7-,21-8-,56-9+,57-10+. The Morgan fingerprint density at radius 3 is 1.19 bits per heavy atom. The van der Waals surface area contributed by atoms with E-state index in [1.54, 1.807) is 0 Å². The van der Waals surface area contributed by atoms with Gasteiger partial charge in [-0.1, -0.05) is 147 Å². The molecule has 0 saturated carbocycles. The lowest BCUT2D eigenvalue weighted by Gasteiger charge is -2.31. The van der Waals surface area contributed by atoms with Gasteiger partial charge in [-0.3, -0.25) is 0 Å². The van der Waals surface area contributed by atoms with E-state index in [1.807, 2.05) is 26.0 Å². The second-order valence-corrected chi connectivity index (χ2v) is 15.7. The van der Waals surface area contributed by atoms with E-state index in [0.29, 0.717) is 0 Å². The first-order chi connectivity index (χ1) is 30.9. The predicted molar refractivity (Wildman–Crippen MR) is 275 cm³/mol. The average molecular weight is 814 g/mol. The highest BCUT2D eigenvalue weighted by molar-refractivity contribution is 6.34. The number of para-hydroxylation sites is 2. The third-order valence-electron chi connectivity index (χ3n) is 11.9. The third kappa shape index (κ3) is 7.38. The Morgan fingerprint density at radius 2 is 0.746 bits per heavy atom. The minimum Gasteiger partial charge on any atom is -0.310 e. The van der Waals surface area contributed by atoms with E-state index >= 15 is 0 Å². The largest absolute Gasteiger partial charge is 0.310 e. The molecule has 0 aliphatic rings. The molecule has 0 amide bonds. The maximum Gasteiger partial charge on any atom is 0.0540 e. The summed E-state index contributed by atoms with van der Waals surface area (Å²) >= 11 is 0. The molecule has 0 bridgehead atoms. The molecule has 63 heavy (non-hydrogen) atoms. The third-order valence-corrected chi connectivity index (χ3v) is 11.9. The van der Waals surface area contributed by atoms with Crippen molar-refractivity contribution < 1.29 is 0 Å². The van der Waals surface area contributed by atoms with Gasteiger partial charge >= 0.3 is 0 Å². The molecule has 0 aromatic heterocycles. The molecule has 0 N–H and O–H groups in total. The first-order valence-electron chi connectivity index (χ1n) is 21.7. The fraction of sp³-hybridized carbons (Fsp3) is 0.0667. The lowest BCUT2D eigenvalue weighted by Crippen LogP contribution is -2.18. The van der Waals surface area contributed by atoms with Gasteiger partial charge in [0.25, 0.3) is 0 Å². The van der Waals surface area contributed by atoms with Gasteiger partial charge in [-0.25, -0.2) is 0 Å². The number of hydrogen-bond acceptors (Lipinski definition) is 3. The Morgan fingerprint density at radius 1 is 0.365 bits per heavy atom. The zero-order valence-corrected chi connectivity index (χ0v) is 36.5. The summed E-state index contributed by atoms with van der Waals surface area (Å²) in [6, 6.07) is 63.7. The molecule has 0 spiro atoms. The fourth-order valence-corrected chi connectivity index (χ4v) is 9.25. The van der Waals surface area contributed by atoms with Crippen molar-refractivity contribution >= 4 is 82.9 Å². The smallest absolute Gasteiger partial charge is 0.0540 e. The highest BCUT2D eigenvalue weighted by Gasteiger charge is 2.23. The van der Waals surface area contributed by atoms with E-state index in [2.05, 4.69) is 242 Å². The minimum absolute atomic E-state index is 0.940. The normalized spacial score (nSPS) is 12.3. The van der Waals surface area contributed by atoms with Crippen LogP contribution in [0.15, 0.2) is 248 Å². The van der Waals surface area contributed by atoms with Crippen LogP contribution in [0.25, 0.3) is 43.1 Å². The van der Waals surface area contributed by atoms with Gasteiger partial charge in [-0.15, -0.1) is 0 Å². The first-order valence-corrected chi connectivity index (χ1v) is 21.7. The SMILES string of the molecule is C=C(/C=C\C)/C(=C\C)N(c1ccccc1)c1ccc(N(c2ccc(N(/C(=C/C)C(=C)/C=C\C)c3ccccc3)cc2)c2ccc3c4cccc5cccc(c6cccc2c63)c54)cc1. The van der Waals surface area contributed by atoms with Gasteiger partial charge in [-0.2, -0.15) is 0 Å². The van der Waals surface area contributed by atoms with Crippen LogP contribution in [0.4, 0.5) is 39.8 Å². The first kappa shape index (κ1) is 40.5. The summed E-state index contributed by atoms with van der Waals surface area (Å²) in [6.45, 7) is 17.1. The van der Waals surface area contributed by atoms with E-state index < -0.39 is 0 Å². The molecule has 0 heterocycles. The van der Waals surface area contributed by atoms with Crippen molar-refractivity contribution in [2.75, 3.05) is 14.7 Å². The van der Waals surface area contributed by atoms with Gasteiger partial charge in [0.05, 0.1) is 5.69 Å². The van der Waals surface area contributed by atoms with Crippen molar-refractivity contribution in [1.29, 1.82) is 0 Å². The summed E-state index contributed by atoms with van der Waals surface area (Å²) in [4.78, 5) is 6.97.